The zero-order chi connectivity index (χ0) is 11.7. The molecule has 0 spiro atoms. The molecule has 0 atom stereocenters. The molecule has 0 rings (SSSR count). The summed E-state index contributed by atoms with van der Waals surface area (Å²) in [5.41, 5.74) is 4.65. The first-order valence-corrected chi connectivity index (χ1v) is 4.87. The molecule has 14 heavy (non-hydrogen) atoms. The Kier molecular flexibility index (Phi) is 9.40. The number of nitrogens with two attached hydrogens (primary N) is 1. The van der Waals surface area contributed by atoms with Gasteiger partial charge in [0.1, 0.15) is 0 Å². The summed E-state index contributed by atoms with van der Waals surface area (Å²) in [5.74, 6) is -0.245. The van der Waals surface area contributed by atoms with Crippen LogP contribution in [0, 0.1) is 0 Å². The Morgan fingerprint density at radius 2 is 1.57 bits per heavy atom. The lowest BCUT2D eigenvalue weighted by Crippen LogP contribution is -2.35. The van der Waals surface area contributed by atoms with Crippen molar-refractivity contribution in [2.24, 2.45) is 5.73 Å². The van der Waals surface area contributed by atoms with E-state index in [-0.39, 0.29) is 5.91 Å². The van der Waals surface area contributed by atoms with E-state index in [1.807, 2.05) is 27.7 Å². The third-order valence-corrected chi connectivity index (χ3v) is 1.66. The molecule has 0 aliphatic rings. The molecule has 2 amide bonds. The van der Waals surface area contributed by atoms with E-state index >= 15 is 0 Å². The average molecular weight is 202 g/mol. The average Bonchev–Trinajstić information content (AvgIpc) is 2.05. The molecule has 4 nitrogen and oxygen atoms in total. The van der Waals surface area contributed by atoms with Crippen LogP contribution in [0.1, 0.15) is 41.0 Å². The molecule has 84 valence electrons. The summed E-state index contributed by atoms with van der Waals surface area (Å²) in [4.78, 5) is 21.7. The van der Waals surface area contributed by atoms with Gasteiger partial charge in [0.05, 0.1) is 0 Å². The molecule has 0 saturated carbocycles. The predicted octanol–water partition coefficient (Wildman–Crippen LogP) is 1.14. The second kappa shape index (κ2) is 8.53. The van der Waals surface area contributed by atoms with Gasteiger partial charge in [-0.1, -0.05) is 6.92 Å². The van der Waals surface area contributed by atoms with Gasteiger partial charge >= 0.3 is 0 Å². The van der Waals surface area contributed by atoms with Crippen LogP contribution in [0.15, 0.2) is 0 Å². The van der Waals surface area contributed by atoms with E-state index < -0.39 is 0 Å². The highest BCUT2D eigenvalue weighted by atomic mass is 16.1. The molecule has 0 fully saturated rings. The minimum Gasteiger partial charge on any atom is -0.370 e. The largest absolute Gasteiger partial charge is 0.370 e. The Morgan fingerprint density at radius 3 is 1.57 bits per heavy atom. The van der Waals surface area contributed by atoms with Gasteiger partial charge in [-0.3, -0.25) is 9.59 Å². The summed E-state index contributed by atoms with van der Waals surface area (Å²) < 4.78 is 0. The Hall–Kier alpha value is -1.06. The summed E-state index contributed by atoms with van der Waals surface area (Å²) in [6, 6.07) is 0.644. The first kappa shape index (κ1) is 15.4. The summed E-state index contributed by atoms with van der Waals surface area (Å²) in [5, 5.41) is 0. The van der Waals surface area contributed by atoms with Crippen LogP contribution in [-0.4, -0.2) is 29.3 Å². The second-order valence-corrected chi connectivity index (χ2v) is 3.56. The minimum atomic E-state index is -0.245. The molecule has 0 saturated heterocycles. The third-order valence-electron chi connectivity index (χ3n) is 1.66. The molecule has 0 radical (unpaired) electrons. The SMILES string of the molecule is CC(C)N(C=O)C(C)C.CCC(N)=O. The van der Waals surface area contributed by atoms with Gasteiger partial charge in [0.15, 0.2) is 0 Å². The van der Waals surface area contributed by atoms with Gasteiger partial charge in [-0.25, -0.2) is 0 Å². The van der Waals surface area contributed by atoms with E-state index in [2.05, 4.69) is 5.73 Å². The first-order chi connectivity index (χ1) is 6.36. The number of primary amides is 1. The van der Waals surface area contributed by atoms with Crippen molar-refractivity contribution in [3.63, 3.8) is 0 Å². The highest BCUT2D eigenvalue weighted by Gasteiger charge is 2.08. The molecule has 2 N–H and O–H groups in total. The second-order valence-electron chi connectivity index (χ2n) is 3.56. The standard InChI is InChI=1S/C7H15NO.C3H7NO/c1-6(2)8(5-9)7(3)4;1-2-3(4)5/h5-7H,1-4H3;2H2,1H3,(H2,4,5). The maximum absolute atomic E-state index is 10.3. The van der Waals surface area contributed by atoms with Gasteiger partial charge in [0, 0.05) is 18.5 Å². The summed E-state index contributed by atoms with van der Waals surface area (Å²) in [7, 11) is 0. The van der Waals surface area contributed by atoms with E-state index in [1.165, 1.54) is 0 Å². The molecular formula is C10H22N2O2. The number of amides is 2. The van der Waals surface area contributed by atoms with Crippen LogP contribution in [0.3, 0.4) is 0 Å². The maximum atomic E-state index is 10.3. The lowest BCUT2D eigenvalue weighted by Gasteiger charge is -2.25. The smallest absolute Gasteiger partial charge is 0.217 e. The van der Waals surface area contributed by atoms with Crippen LogP contribution in [0.25, 0.3) is 0 Å². The lowest BCUT2D eigenvalue weighted by atomic mass is 10.2. The van der Waals surface area contributed by atoms with E-state index in [1.54, 1.807) is 11.8 Å². The van der Waals surface area contributed by atoms with Gasteiger partial charge in [-0.2, -0.15) is 0 Å². The molecule has 0 aliphatic heterocycles. The molecule has 0 unspecified atom stereocenters. The molecule has 0 bridgehead atoms. The van der Waals surface area contributed by atoms with Crippen LogP contribution in [0.4, 0.5) is 0 Å². The normalized spacial score (nSPS) is 9.36. The van der Waals surface area contributed by atoms with Gasteiger partial charge < -0.3 is 10.6 Å². The molecule has 4 heteroatoms. The van der Waals surface area contributed by atoms with Crippen molar-refractivity contribution in [3.8, 4) is 0 Å². The number of rotatable bonds is 4. The van der Waals surface area contributed by atoms with Crippen molar-refractivity contribution in [1.82, 2.24) is 4.90 Å². The fourth-order valence-corrected chi connectivity index (χ4v) is 0.840. The number of carbonyl (C=O) groups excluding carboxylic acids is 2. The predicted molar refractivity (Wildman–Crippen MR) is 57.7 cm³/mol. The maximum Gasteiger partial charge on any atom is 0.217 e. The van der Waals surface area contributed by atoms with Crippen LogP contribution < -0.4 is 5.73 Å². The van der Waals surface area contributed by atoms with E-state index in [4.69, 9.17) is 0 Å². The van der Waals surface area contributed by atoms with Crippen LogP contribution in [-0.2, 0) is 9.59 Å². The van der Waals surface area contributed by atoms with Crippen LogP contribution in [0.2, 0.25) is 0 Å². The van der Waals surface area contributed by atoms with E-state index in [0.29, 0.717) is 18.5 Å². The summed E-state index contributed by atoms with van der Waals surface area (Å²) in [6.07, 6.45) is 1.34. The fraction of sp³-hybridized carbons (Fsp3) is 0.800. The summed E-state index contributed by atoms with van der Waals surface area (Å²) >= 11 is 0. The van der Waals surface area contributed by atoms with Crippen molar-refractivity contribution >= 4 is 12.3 Å². The van der Waals surface area contributed by atoms with Gasteiger partial charge in [0.25, 0.3) is 0 Å². The van der Waals surface area contributed by atoms with Crippen molar-refractivity contribution in [1.29, 1.82) is 0 Å². The molecule has 0 aromatic rings. The zero-order valence-electron chi connectivity index (χ0n) is 9.78. The first-order valence-electron chi connectivity index (χ1n) is 4.87. The Balaban J connectivity index is 0. The summed E-state index contributed by atoms with van der Waals surface area (Å²) in [6.45, 7) is 9.76. The monoisotopic (exact) mass is 202 g/mol. The van der Waals surface area contributed by atoms with Gasteiger partial charge in [-0.05, 0) is 27.7 Å². The number of carbonyl (C=O) groups is 2. The Morgan fingerprint density at radius 1 is 1.29 bits per heavy atom. The van der Waals surface area contributed by atoms with E-state index in [0.717, 1.165) is 6.41 Å². The molecule has 0 aliphatic carbocycles. The van der Waals surface area contributed by atoms with Gasteiger partial charge in [-0.15, -0.1) is 0 Å². The zero-order valence-corrected chi connectivity index (χ0v) is 9.78. The highest BCUT2D eigenvalue weighted by molar-refractivity contribution is 5.73. The third kappa shape index (κ3) is 9.03. The minimum absolute atomic E-state index is 0.245. The fourth-order valence-electron chi connectivity index (χ4n) is 0.840. The highest BCUT2D eigenvalue weighted by Crippen LogP contribution is 1.99. The molecular weight excluding hydrogens is 180 g/mol. The van der Waals surface area contributed by atoms with Crippen molar-refractivity contribution in [3.05, 3.63) is 0 Å². The van der Waals surface area contributed by atoms with Crippen molar-refractivity contribution in [2.75, 3.05) is 0 Å². The topological polar surface area (TPSA) is 63.4 Å². The molecule has 0 aromatic carbocycles. The number of hydrogen-bond acceptors (Lipinski definition) is 2. The quantitative estimate of drug-likeness (QED) is 0.695. The Labute approximate surface area is 86.5 Å². The Bertz CT molecular complexity index is 160. The van der Waals surface area contributed by atoms with Crippen molar-refractivity contribution in [2.45, 2.75) is 53.1 Å². The van der Waals surface area contributed by atoms with E-state index in [9.17, 15) is 9.59 Å². The lowest BCUT2D eigenvalue weighted by molar-refractivity contribution is -0.121. The number of nitrogens with zero attached hydrogens (tertiary/aromatic N) is 1. The van der Waals surface area contributed by atoms with Gasteiger partial charge in [0.2, 0.25) is 12.3 Å². The van der Waals surface area contributed by atoms with Crippen molar-refractivity contribution < 1.29 is 9.59 Å². The molecule has 0 heterocycles. The van der Waals surface area contributed by atoms with Crippen LogP contribution in [0.5, 0.6) is 0 Å². The number of hydrogen-bond donors (Lipinski definition) is 1. The molecule has 0 aromatic heterocycles. The van der Waals surface area contributed by atoms with Crippen LogP contribution >= 0.6 is 0 Å².